The first kappa shape index (κ1) is 19.9. The Morgan fingerprint density at radius 1 is 1.03 bits per heavy atom. The Morgan fingerprint density at radius 2 is 1.79 bits per heavy atom. The van der Waals surface area contributed by atoms with Gasteiger partial charge < -0.3 is 10.2 Å². The summed E-state index contributed by atoms with van der Waals surface area (Å²) >= 11 is 5.93. The van der Waals surface area contributed by atoms with E-state index in [4.69, 9.17) is 11.6 Å². The van der Waals surface area contributed by atoms with E-state index in [1.807, 2.05) is 15.8 Å². The van der Waals surface area contributed by atoms with E-state index >= 15 is 0 Å². The van der Waals surface area contributed by atoms with Crippen LogP contribution < -0.4 is 5.32 Å². The summed E-state index contributed by atoms with van der Waals surface area (Å²) in [5.74, 6) is 0.0768. The molecule has 1 aromatic heterocycles. The van der Waals surface area contributed by atoms with Crippen molar-refractivity contribution in [1.82, 2.24) is 25.2 Å². The molecule has 29 heavy (non-hydrogen) atoms. The van der Waals surface area contributed by atoms with Gasteiger partial charge in [-0.3, -0.25) is 14.3 Å². The lowest BCUT2D eigenvalue weighted by atomic mass is 9.73. The van der Waals surface area contributed by atoms with Crippen LogP contribution in [0.25, 0.3) is 0 Å². The summed E-state index contributed by atoms with van der Waals surface area (Å²) in [6, 6.07) is 6.98. The van der Waals surface area contributed by atoms with Gasteiger partial charge in [0.25, 0.3) is 5.91 Å². The third kappa shape index (κ3) is 4.45. The molecule has 8 heteroatoms. The summed E-state index contributed by atoms with van der Waals surface area (Å²) in [7, 11) is 0. The minimum atomic E-state index is -0.411. The average Bonchev–Trinajstić information content (AvgIpc) is 3.19. The molecule has 154 valence electrons. The van der Waals surface area contributed by atoms with Crippen LogP contribution in [0.3, 0.4) is 0 Å². The van der Waals surface area contributed by atoms with Crippen molar-refractivity contribution in [2.24, 2.45) is 5.41 Å². The molecular formula is C21H26ClN5O2. The van der Waals surface area contributed by atoms with Crippen molar-refractivity contribution in [2.75, 3.05) is 13.1 Å². The molecule has 0 atom stereocenters. The molecular weight excluding hydrogens is 390 g/mol. The zero-order chi connectivity index (χ0) is 20.3. The van der Waals surface area contributed by atoms with Gasteiger partial charge in [0.15, 0.2) is 0 Å². The highest BCUT2D eigenvalue weighted by Crippen LogP contribution is 2.38. The third-order valence-corrected chi connectivity index (χ3v) is 6.39. The van der Waals surface area contributed by atoms with E-state index in [1.54, 1.807) is 24.3 Å². The van der Waals surface area contributed by atoms with Gasteiger partial charge in [-0.1, -0.05) is 29.7 Å². The van der Waals surface area contributed by atoms with Crippen LogP contribution in [-0.4, -0.2) is 44.8 Å². The topological polar surface area (TPSA) is 80.1 Å². The van der Waals surface area contributed by atoms with Crippen LogP contribution in [0.5, 0.6) is 0 Å². The molecule has 0 unspecified atom stereocenters. The van der Waals surface area contributed by atoms with Crippen LogP contribution in [0, 0.1) is 5.41 Å². The number of hydrogen-bond acceptors (Lipinski definition) is 4. The number of fused-ring (bicyclic) bond motifs is 2. The monoisotopic (exact) mass is 415 g/mol. The minimum Gasteiger partial charge on any atom is -0.350 e. The second-order valence-corrected chi connectivity index (χ2v) is 8.48. The highest BCUT2D eigenvalue weighted by Gasteiger charge is 2.41. The van der Waals surface area contributed by atoms with Gasteiger partial charge in [0.1, 0.15) is 5.69 Å². The molecule has 2 amide bonds. The van der Waals surface area contributed by atoms with Crippen LogP contribution in [0.1, 0.15) is 54.6 Å². The van der Waals surface area contributed by atoms with Crippen LogP contribution in [0.15, 0.2) is 30.5 Å². The Kier molecular flexibility index (Phi) is 5.85. The molecule has 0 aliphatic carbocycles. The maximum absolute atomic E-state index is 13.1. The van der Waals surface area contributed by atoms with Crippen LogP contribution in [-0.2, 0) is 17.9 Å². The molecule has 1 saturated heterocycles. The molecule has 2 aliphatic rings. The molecule has 3 heterocycles. The Labute approximate surface area is 175 Å². The van der Waals surface area contributed by atoms with Gasteiger partial charge in [-0.25, -0.2) is 0 Å². The number of aromatic nitrogens is 3. The van der Waals surface area contributed by atoms with Crippen molar-refractivity contribution in [2.45, 2.75) is 51.6 Å². The van der Waals surface area contributed by atoms with Crippen molar-refractivity contribution in [3.05, 3.63) is 46.7 Å². The normalized spacial score (nSPS) is 19.9. The van der Waals surface area contributed by atoms with Crippen molar-refractivity contribution < 1.29 is 9.59 Å². The number of rotatable bonds is 1. The zero-order valence-electron chi connectivity index (χ0n) is 16.4. The van der Waals surface area contributed by atoms with E-state index in [0.717, 1.165) is 37.9 Å². The number of hydrogen-bond donors (Lipinski definition) is 1. The first-order chi connectivity index (χ1) is 14.1. The lowest BCUT2D eigenvalue weighted by Gasteiger charge is -2.41. The van der Waals surface area contributed by atoms with E-state index in [0.29, 0.717) is 43.1 Å². The molecule has 7 nitrogen and oxygen atoms in total. The number of nitrogens with zero attached hydrogens (tertiary/aromatic N) is 4. The highest BCUT2D eigenvalue weighted by atomic mass is 35.5. The van der Waals surface area contributed by atoms with Gasteiger partial charge >= 0.3 is 0 Å². The number of benzene rings is 1. The molecule has 0 saturated carbocycles. The lowest BCUT2D eigenvalue weighted by molar-refractivity contribution is -0.134. The SMILES string of the molecule is O=C(c1ccc(Cl)cc1)N1CCC2(CCCCCn3cc(nn3)CNC2=O)CC1. The molecule has 2 aromatic rings. The molecule has 4 rings (SSSR count). The predicted molar refractivity (Wildman–Crippen MR) is 109 cm³/mol. The molecule has 0 radical (unpaired) electrons. The summed E-state index contributed by atoms with van der Waals surface area (Å²) in [6.07, 6.45) is 7.21. The third-order valence-electron chi connectivity index (χ3n) is 6.14. The van der Waals surface area contributed by atoms with Crippen molar-refractivity contribution in [1.29, 1.82) is 0 Å². The smallest absolute Gasteiger partial charge is 0.253 e. The van der Waals surface area contributed by atoms with Gasteiger partial charge in [0, 0.05) is 30.2 Å². The molecule has 1 N–H and O–H groups in total. The highest BCUT2D eigenvalue weighted by molar-refractivity contribution is 6.30. The number of amides is 2. The van der Waals surface area contributed by atoms with E-state index in [1.165, 1.54) is 0 Å². The molecule has 1 spiro atoms. The molecule has 2 aliphatic heterocycles. The van der Waals surface area contributed by atoms with Crippen molar-refractivity contribution >= 4 is 23.4 Å². The maximum atomic E-state index is 13.1. The summed E-state index contributed by atoms with van der Waals surface area (Å²) in [4.78, 5) is 27.8. The van der Waals surface area contributed by atoms with E-state index in [2.05, 4.69) is 15.6 Å². The van der Waals surface area contributed by atoms with Gasteiger partial charge in [-0.15, -0.1) is 5.10 Å². The second kappa shape index (κ2) is 8.53. The fourth-order valence-electron chi connectivity index (χ4n) is 4.30. The first-order valence-corrected chi connectivity index (χ1v) is 10.7. The largest absolute Gasteiger partial charge is 0.350 e. The first-order valence-electron chi connectivity index (χ1n) is 10.3. The van der Waals surface area contributed by atoms with Gasteiger partial charge in [-0.05, 0) is 49.9 Å². The summed E-state index contributed by atoms with van der Waals surface area (Å²) in [5, 5.41) is 11.9. The predicted octanol–water partition coefficient (Wildman–Crippen LogP) is 3.04. The van der Waals surface area contributed by atoms with Crippen LogP contribution in [0.4, 0.5) is 0 Å². The Hall–Kier alpha value is -2.41. The van der Waals surface area contributed by atoms with Gasteiger partial charge in [0.2, 0.25) is 5.91 Å². The number of piperidine rings is 1. The fraction of sp³-hybridized carbons (Fsp3) is 0.524. The number of carbonyl (C=O) groups excluding carboxylic acids is 2. The summed E-state index contributed by atoms with van der Waals surface area (Å²) in [5.41, 5.74) is 1.01. The van der Waals surface area contributed by atoms with E-state index in [-0.39, 0.29) is 11.8 Å². The molecule has 1 fully saturated rings. The zero-order valence-corrected chi connectivity index (χ0v) is 17.2. The molecule has 1 aromatic carbocycles. The van der Waals surface area contributed by atoms with E-state index in [9.17, 15) is 9.59 Å². The van der Waals surface area contributed by atoms with E-state index < -0.39 is 5.41 Å². The quantitative estimate of drug-likeness (QED) is 0.776. The van der Waals surface area contributed by atoms with Gasteiger partial charge in [-0.2, -0.15) is 0 Å². The number of nitrogens with one attached hydrogen (secondary N) is 1. The summed E-state index contributed by atoms with van der Waals surface area (Å²) < 4.78 is 1.85. The Balaban J connectivity index is 1.43. The van der Waals surface area contributed by atoms with Gasteiger partial charge in [0.05, 0.1) is 18.2 Å². The van der Waals surface area contributed by atoms with Crippen LogP contribution in [0.2, 0.25) is 5.02 Å². The maximum Gasteiger partial charge on any atom is 0.253 e. The average molecular weight is 416 g/mol. The second-order valence-electron chi connectivity index (χ2n) is 8.05. The van der Waals surface area contributed by atoms with Crippen molar-refractivity contribution in [3.63, 3.8) is 0 Å². The van der Waals surface area contributed by atoms with Crippen LogP contribution >= 0.6 is 11.6 Å². The number of likely N-dealkylation sites (tertiary alicyclic amines) is 1. The number of carbonyl (C=O) groups is 2. The number of aryl methyl sites for hydroxylation is 1. The fourth-order valence-corrected chi connectivity index (χ4v) is 4.43. The summed E-state index contributed by atoms with van der Waals surface area (Å²) in [6.45, 7) is 2.43. The standard InChI is InChI=1S/C21H26ClN5O2/c22-17-6-4-16(5-7-17)19(28)26-12-9-21(10-13-26)8-2-1-3-11-27-15-18(24-25-27)14-23-20(21)29/h4-7,15H,1-3,8-14H2,(H,23,29). The van der Waals surface area contributed by atoms with Crippen molar-refractivity contribution in [3.8, 4) is 0 Å². The minimum absolute atomic E-state index is 0.00157. The Morgan fingerprint density at radius 3 is 2.55 bits per heavy atom. The number of halogens is 1. The Bertz CT molecular complexity index is 871. The molecule has 2 bridgehead atoms. The lowest BCUT2D eigenvalue weighted by Crippen LogP contribution is -2.50.